The Kier molecular flexibility index (Phi) is 20.5. The average Bonchev–Trinajstić information content (AvgIpc) is 2.02. The summed E-state index contributed by atoms with van der Waals surface area (Å²) in [5.41, 5.74) is 0. The summed E-state index contributed by atoms with van der Waals surface area (Å²) >= 11 is 0. The SMILES string of the molecule is CCCCCCCC.O=P. The Bertz CT molecular complexity index is 42.5. The standard InChI is InChI=1S/C8H18.HOP/c1-3-5-7-8-6-4-2;1-2/h3-8H2,1-2H3;2H. The van der Waals surface area contributed by atoms with Crippen molar-refractivity contribution in [3.05, 3.63) is 0 Å². The lowest BCUT2D eigenvalue weighted by Crippen LogP contribution is -1.73. The predicted octanol–water partition coefficient (Wildman–Crippen LogP) is 3.84. The van der Waals surface area contributed by atoms with Gasteiger partial charge in [-0.05, 0) is 0 Å². The van der Waals surface area contributed by atoms with Gasteiger partial charge in [0.25, 0.3) is 0 Å². The molecule has 0 aromatic rings. The monoisotopic (exact) mass is 162 g/mol. The Morgan fingerprint density at radius 3 is 1.30 bits per heavy atom. The van der Waals surface area contributed by atoms with Crippen LogP contribution in [-0.2, 0) is 4.57 Å². The second-order valence-electron chi connectivity index (χ2n) is 2.41. The van der Waals surface area contributed by atoms with Crippen LogP contribution < -0.4 is 0 Å². The first-order valence-corrected chi connectivity index (χ1v) is 4.53. The highest BCUT2D eigenvalue weighted by molar-refractivity contribution is 7.00. The lowest BCUT2D eigenvalue weighted by Gasteiger charge is -1.93. The quantitative estimate of drug-likeness (QED) is 0.443. The molecule has 10 heavy (non-hydrogen) atoms. The summed E-state index contributed by atoms with van der Waals surface area (Å²) in [5, 5.41) is 0. The van der Waals surface area contributed by atoms with Gasteiger partial charge in [-0.2, -0.15) is 0 Å². The van der Waals surface area contributed by atoms with Crippen LogP contribution in [0.2, 0.25) is 0 Å². The van der Waals surface area contributed by atoms with Crippen molar-refractivity contribution in [2.45, 2.75) is 52.4 Å². The second kappa shape index (κ2) is 16.0. The van der Waals surface area contributed by atoms with Crippen molar-refractivity contribution in [1.29, 1.82) is 0 Å². The van der Waals surface area contributed by atoms with Gasteiger partial charge < -0.3 is 0 Å². The Labute approximate surface area is 66.8 Å². The van der Waals surface area contributed by atoms with E-state index >= 15 is 0 Å². The van der Waals surface area contributed by atoms with Crippen molar-refractivity contribution in [3.8, 4) is 0 Å². The van der Waals surface area contributed by atoms with E-state index in [0.717, 1.165) is 0 Å². The fraction of sp³-hybridized carbons (Fsp3) is 1.00. The lowest BCUT2D eigenvalue weighted by atomic mass is 10.1. The van der Waals surface area contributed by atoms with E-state index in [2.05, 4.69) is 13.8 Å². The zero-order chi connectivity index (χ0) is 8.24. The molecule has 0 amide bonds. The Morgan fingerprint density at radius 2 is 1.10 bits per heavy atom. The summed E-state index contributed by atoms with van der Waals surface area (Å²) in [5.74, 6) is 0. The van der Waals surface area contributed by atoms with Crippen LogP contribution in [0, 0.1) is 0 Å². The van der Waals surface area contributed by atoms with E-state index < -0.39 is 0 Å². The van der Waals surface area contributed by atoms with E-state index in [0.29, 0.717) is 0 Å². The highest BCUT2D eigenvalue weighted by Crippen LogP contribution is 2.03. The van der Waals surface area contributed by atoms with E-state index in [1.807, 2.05) is 0 Å². The van der Waals surface area contributed by atoms with E-state index in [4.69, 9.17) is 4.57 Å². The van der Waals surface area contributed by atoms with Gasteiger partial charge in [0.15, 0.2) is 0 Å². The van der Waals surface area contributed by atoms with Gasteiger partial charge in [-0.15, -0.1) is 0 Å². The van der Waals surface area contributed by atoms with Gasteiger partial charge in [-0.25, -0.2) is 0 Å². The normalized spacial score (nSPS) is 8.20. The molecule has 0 atom stereocenters. The minimum Gasteiger partial charge on any atom is -0.279 e. The van der Waals surface area contributed by atoms with Crippen LogP contribution in [-0.4, -0.2) is 0 Å². The first kappa shape index (κ1) is 12.7. The third kappa shape index (κ3) is 15.7. The maximum atomic E-state index is 8.06. The molecule has 0 bridgehead atoms. The number of unbranched alkanes of at least 4 members (excludes halogenated alkanes) is 5. The summed E-state index contributed by atoms with van der Waals surface area (Å²) in [4.78, 5) is 0. The summed E-state index contributed by atoms with van der Waals surface area (Å²) in [6.45, 7) is 4.51. The molecule has 0 N–H and O–H groups in total. The van der Waals surface area contributed by atoms with Gasteiger partial charge in [0.05, 0.1) is 0 Å². The Hall–Kier alpha value is 0.100. The maximum Gasteiger partial charge on any atom is 0.138 e. The smallest absolute Gasteiger partial charge is 0.138 e. The van der Waals surface area contributed by atoms with Gasteiger partial charge in [0, 0.05) is 0 Å². The van der Waals surface area contributed by atoms with Crippen LogP contribution in [0.4, 0.5) is 0 Å². The zero-order valence-electron chi connectivity index (χ0n) is 7.15. The molecule has 0 aromatic carbocycles. The minimum absolute atomic E-state index is 1.36. The topological polar surface area (TPSA) is 17.1 Å². The molecule has 0 spiro atoms. The fourth-order valence-electron chi connectivity index (χ4n) is 0.854. The molecule has 0 rings (SSSR count). The fourth-order valence-corrected chi connectivity index (χ4v) is 0.854. The highest BCUT2D eigenvalue weighted by atomic mass is 31.0. The largest absolute Gasteiger partial charge is 0.279 e. The lowest BCUT2D eigenvalue weighted by molar-refractivity contribution is 0.607. The van der Waals surface area contributed by atoms with Crippen LogP contribution in [0.1, 0.15) is 52.4 Å². The molecule has 0 heterocycles. The van der Waals surface area contributed by atoms with E-state index in [1.54, 1.807) is 9.12 Å². The molecule has 0 radical (unpaired) electrons. The molecule has 0 aliphatic heterocycles. The van der Waals surface area contributed by atoms with Gasteiger partial charge in [0.2, 0.25) is 0 Å². The molecule has 0 saturated heterocycles. The van der Waals surface area contributed by atoms with Crippen LogP contribution in [0.5, 0.6) is 0 Å². The third-order valence-electron chi connectivity index (χ3n) is 1.46. The predicted molar refractivity (Wildman–Crippen MR) is 48.1 cm³/mol. The summed E-state index contributed by atoms with van der Waals surface area (Å²) in [6.07, 6.45) is 8.49. The first-order valence-electron chi connectivity index (χ1n) is 4.12. The van der Waals surface area contributed by atoms with E-state index in [9.17, 15) is 0 Å². The van der Waals surface area contributed by atoms with Crippen LogP contribution in [0.3, 0.4) is 0 Å². The van der Waals surface area contributed by atoms with E-state index in [1.165, 1.54) is 38.5 Å². The molecular formula is C8H19OP. The van der Waals surface area contributed by atoms with Crippen molar-refractivity contribution in [3.63, 3.8) is 0 Å². The average molecular weight is 162 g/mol. The number of hydrogen-bond acceptors (Lipinski definition) is 1. The van der Waals surface area contributed by atoms with Crippen molar-refractivity contribution in [2.75, 3.05) is 0 Å². The molecule has 0 saturated carbocycles. The van der Waals surface area contributed by atoms with Crippen molar-refractivity contribution < 1.29 is 4.57 Å². The molecule has 0 aliphatic rings. The van der Waals surface area contributed by atoms with Gasteiger partial charge >= 0.3 is 0 Å². The van der Waals surface area contributed by atoms with Crippen LogP contribution in [0.25, 0.3) is 0 Å². The Morgan fingerprint density at radius 1 is 0.800 bits per heavy atom. The van der Waals surface area contributed by atoms with Gasteiger partial charge in [0.1, 0.15) is 9.12 Å². The number of hydrogen-bond donors (Lipinski definition) is 0. The van der Waals surface area contributed by atoms with Crippen LogP contribution in [0.15, 0.2) is 0 Å². The maximum absolute atomic E-state index is 8.06. The van der Waals surface area contributed by atoms with Gasteiger partial charge in [-0.1, -0.05) is 52.4 Å². The third-order valence-corrected chi connectivity index (χ3v) is 1.46. The second-order valence-corrected chi connectivity index (χ2v) is 2.41. The summed E-state index contributed by atoms with van der Waals surface area (Å²) in [7, 11) is 1.72. The van der Waals surface area contributed by atoms with Crippen molar-refractivity contribution in [2.24, 2.45) is 0 Å². The Balaban J connectivity index is 0. The highest BCUT2D eigenvalue weighted by Gasteiger charge is 1.83. The molecule has 0 aromatic heterocycles. The molecular weight excluding hydrogens is 143 g/mol. The molecule has 0 unspecified atom stereocenters. The molecule has 2 heteroatoms. The van der Waals surface area contributed by atoms with Crippen molar-refractivity contribution in [1.82, 2.24) is 0 Å². The van der Waals surface area contributed by atoms with Crippen molar-refractivity contribution >= 4 is 9.12 Å². The first-order chi connectivity index (χ1) is 4.91. The molecule has 0 aliphatic carbocycles. The molecule has 1 nitrogen and oxygen atoms in total. The van der Waals surface area contributed by atoms with Gasteiger partial charge in [-0.3, -0.25) is 4.57 Å². The van der Waals surface area contributed by atoms with E-state index in [-0.39, 0.29) is 0 Å². The molecule has 62 valence electrons. The summed E-state index contributed by atoms with van der Waals surface area (Å²) in [6, 6.07) is 0. The summed E-state index contributed by atoms with van der Waals surface area (Å²) < 4.78 is 8.06. The number of rotatable bonds is 5. The minimum atomic E-state index is 1.36. The van der Waals surface area contributed by atoms with Crippen LogP contribution >= 0.6 is 9.12 Å². The zero-order valence-corrected chi connectivity index (χ0v) is 8.15. The molecule has 0 fully saturated rings.